The van der Waals surface area contributed by atoms with Crippen LogP contribution in [0.3, 0.4) is 0 Å². The van der Waals surface area contributed by atoms with E-state index < -0.39 is 0 Å². The molecule has 0 aliphatic rings. The van der Waals surface area contributed by atoms with Gasteiger partial charge < -0.3 is 4.52 Å². The highest BCUT2D eigenvalue weighted by Crippen LogP contribution is 2.30. The zero-order valence-electron chi connectivity index (χ0n) is 14.0. The van der Waals surface area contributed by atoms with Crippen LogP contribution in [0, 0.1) is 6.92 Å². The summed E-state index contributed by atoms with van der Waals surface area (Å²) in [4.78, 5) is 0. The lowest BCUT2D eigenvalue weighted by atomic mass is 10.2. The summed E-state index contributed by atoms with van der Waals surface area (Å²) in [7, 11) is 0. The quantitative estimate of drug-likeness (QED) is 0.445. The second-order valence-electron chi connectivity index (χ2n) is 5.70. The summed E-state index contributed by atoms with van der Waals surface area (Å²) in [5.41, 5.74) is 2.83. The number of benzene rings is 2. The van der Waals surface area contributed by atoms with Gasteiger partial charge in [0.1, 0.15) is 5.76 Å². The Morgan fingerprint density at radius 3 is 2.50 bits per heavy atom. The lowest BCUT2D eigenvalue weighted by molar-refractivity contribution is 0.393. The van der Waals surface area contributed by atoms with Crippen molar-refractivity contribution in [3.05, 3.63) is 77.1 Å². The summed E-state index contributed by atoms with van der Waals surface area (Å²) in [6, 6.07) is 19.6. The van der Waals surface area contributed by atoms with Crippen molar-refractivity contribution in [1.82, 2.24) is 19.9 Å². The fraction of sp³-hybridized carbons (Fsp3) is 0.105. The maximum atomic E-state index is 6.02. The van der Waals surface area contributed by atoms with Gasteiger partial charge in [-0.25, -0.2) is 0 Å². The Labute approximate surface area is 160 Å². The number of aryl methyl sites for hydroxylation is 1. The zero-order valence-corrected chi connectivity index (χ0v) is 15.5. The first-order valence-electron chi connectivity index (χ1n) is 8.02. The molecule has 7 heteroatoms. The fourth-order valence-electron chi connectivity index (χ4n) is 2.58. The molecule has 0 N–H and O–H groups in total. The van der Waals surface area contributed by atoms with Gasteiger partial charge >= 0.3 is 0 Å². The van der Waals surface area contributed by atoms with Gasteiger partial charge in [0.25, 0.3) is 0 Å². The molecular formula is C19H15ClN4OS. The first-order chi connectivity index (χ1) is 12.7. The molecule has 4 rings (SSSR count). The number of nitrogens with zero attached hydrogens (tertiary/aromatic N) is 4. The molecule has 0 unspecified atom stereocenters. The molecule has 0 atom stereocenters. The predicted molar refractivity (Wildman–Crippen MR) is 103 cm³/mol. The van der Waals surface area contributed by atoms with Crippen molar-refractivity contribution in [3.63, 3.8) is 0 Å². The molecule has 0 radical (unpaired) electrons. The maximum Gasteiger partial charge on any atom is 0.196 e. The Balaban J connectivity index is 1.73. The number of rotatable bonds is 5. The van der Waals surface area contributed by atoms with E-state index in [4.69, 9.17) is 16.1 Å². The highest BCUT2D eigenvalue weighted by atomic mass is 35.5. The molecular weight excluding hydrogens is 368 g/mol. The molecule has 0 bridgehead atoms. The van der Waals surface area contributed by atoms with Crippen molar-refractivity contribution >= 4 is 23.4 Å². The second kappa shape index (κ2) is 7.35. The monoisotopic (exact) mass is 382 g/mol. The maximum absolute atomic E-state index is 6.02. The minimum atomic E-state index is 0.656. The molecule has 0 spiro atoms. The highest BCUT2D eigenvalue weighted by Gasteiger charge is 2.16. The number of para-hydroxylation sites is 1. The van der Waals surface area contributed by atoms with Gasteiger partial charge in [-0.15, -0.1) is 10.2 Å². The lowest BCUT2D eigenvalue weighted by Gasteiger charge is -2.10. The van der Waals surface area contributed by atoms with Crippen LogP contribution >= 0.6 is 23.4 Å². The van der Waals surface area contributed by atoms with Crippen LogP contribution in [-0.2, 0) is 5.75 Å². The van der Waals surface area contributed by atoms with Crippen molar-refractivity contribution in [3.8, 4) is 17.1 Å². The van der Waals surface area contributed by atoms with Crippen LogP contribution < -0.4 is 0 Å². The molecule has 5 nitrogen and oxygen atoms in total. The van der Waals surface area contributed by atoms with Crippen molar-refractivity contribution in [1.29, 1.82) is 0 Å². The molecule has 0 aliphatic heterocycles. The normalized spacial score (nSPS) is 11.0. The van der Waals surface area contributed by atoms with Gasteiger partial charge in [0.15, 0.2) is 11.0 Å². The number of halogens is 1. The Kier molecular flexibility index (Phi) is 4.77. The number of hydrogen-bond donors (Lipinski definition) is 0. The largest absolute Gasteiger partial charge is 0.361 e. The summed E-state index contributed by atoms with van der Waals surface area (Å²) in [6.45, 7) is 1.88. The molecule has 0 saturated heterocycles. The zero-order chi connectivity index (χ0) is 17.9. The van der Waals surface area contributed by atoms with Gasteiger partial charge in [-0.1, -0.05) is 46.7 Å². The van der Waals surface area contributed by atoms with Gasteiger partial charge in [0, 0.05) is 28.1 Å². The van der Waals surface area contributed by atoms with Crippen LogP contribution in [0.1, 0.15) is 11.5 Å². The van der Waals surface area contributed by atoms with Crippen LogP contribution in [0.4, 0.5) is 0 Å². The fourth-order valence-corrected chi connectivity index (χ4v) is 3.54. The predicted octanol–water partition coefficient (Wildman–Crippen LogP) is 5.18. The first kappa shape index (κ1) is 16.9. The molecule has 2 aromatic carbocycles. The van der Waals surface area contributed by atoms with Crippen molar-refractivity contribution in [2.24, 2.45) is 0 Å². The molecule has 0 saturated carbocycles. The highest BCUT2D eigenvalue weighted by molar-refractivity contribution is 7.98. The molecule has 26 heavy (non-hydrogen) atoms. The van der Waals surface area contributed by atoms with Gasteiger partial charge in [0.05, 0.1) is 5.69 Å². The van der Waals surface area contributed by atoms with E-state index in [1.54, 1.807) is 11.8 Å². The Morgan fingerprint density at radius 2 is 1.81 bits per heavy atom. The summed E-state index contributed by atoms with van der Waals surface area (Å²) >= 11 is 7.59. The second-order valence-corrected chi connectivity index (χ2v) is 7.08. The first-order valence-corrected chi connectivity index (χ1v) is 9.39. The SMILES string of the molecule is Cc1cc(CSc2nnc(-c3ccc(Cl)cc3)n2-c2ccccc2)no1. The third-order valence-electron chi connectivity index (χ3n) is 3.78. The van der Waals surface area contributed by atoms with Crippen molar-refractivity contribution < 1.29 is 4.52 Å². The minimum Gasteiger partial charge on any atom is -0.361 e. The average molecular weight is 383 g/mol. The van der Waals surface area contributed by atoms with Gasteiger partial charge in [-0.2, -0.15) is 0 Å². The Bertz CT molecular complexity index is 1010. The van der Waals surface area contributed by atoms with Crippen LogP contribution in [0.2, 0.25) is 5.02 Å². The van der Waals surface area contributed by atoms with Gasteiger partial charge in [0.2, 0.25) is 0 Å². The number of aromatic nitrogens is 4. The van der Waals surface area contributed by atoms with Crippen LogP contribution in [-0.4, -0.2) is 19.9 Å². The molecule has 2 heterocycles. The number of thioether (sulfide) groups is 1. The molecule has 130 valence electrons. The summed E-state index contributed by atoms with van der Waals surface area (Å²) in [6.07, 6.45) is 0. The van der Waals surface area contributed by atoms with Gasteiger partial charge in [-0.05, 0) is 43.3 Å². The van der Waals surface area contributed by atoms with E-state index >= 15 is 0 Å². The molecule has 0 aliphatic carbocycles. The van der Waals surface area contributed by atoms with Crippen LogP contribution in [0.5, 0.6) is 0 Å². The number of hydrogen-bond acceptors (Lipinski definition) is 5. The molecule has 0 amide bonds. The topological polar surface area (TPSA) is 56.7 Å². The summed E-state index contributed by atoms with van der Waals surface area (Å²) in [5.74, 6) is 2.22. The summed E-state index contributed by atoms with van der Waals surface area (Å²) < 4.78 is 7.18. The van der Waals surface area contributed by atoms with Crippen LogP contribution in [0.15, 0.2) is 70.3 Å². The Hall–Kier alpha value is -2.57. The molecule has 4 aromatic rings. The molecule has 2 aromatic heterocycles. The standard InChI is InChI=1S/C19H15ClN4OS/c1-13-11-16(23-25-13)12-26-19-22-21-18(14-7-9-15(20)10-8-14)24(19)17-5-3-2-4-6-17/h2-11H,12H2,1H3. The van der Waals surface area contributed by atoms with E-state index in [1.165, 1.54) is 0 Å². The summed E-state index contributed by atoms with van der Waals surface area (Å²) in [5, 5.41) is 14.3. The van der Waals surface area contributed by atoms with E-state index in [-0.39, 0.29) is 0 Å². The lowest BCUT2D eigenvalue weighted by Crippen LogP contribution is -1.99. The van der Waals surface area contributed by atoms with Gasteiger partial charge in [-0.3, -0.25) is 4.57 Å². The van der Waals surface area contributed by atoms with Crippen LogP contribution in [0.25, 0.3) is 17.1 Å². The molecule has 0 fully saturated rings. The van der Waals surface area contributed by atoms with E-state index in [9.17, 15) is 0 Å². The van der Waals surface area contributed by atoms with Crippen molar-refractivity contribution in [2.75, 3.05) is 0 Å². The third-order valence-corrected chi connectivity index (χ3v) is 4.99. The van der Waals surface area contributed by atoms with Crippen molar-refractivity contribution in [2.45, 2.75) is 17.8 Å². The van der Waals surface area contributed by atoms with E-state index in [1.807, 2.05) is 72.2 Å². The van der Waals surface area contributed by atoms with E-state index in [2.05, 4.69) is 15.4 Å². The minimum absolute atomic E-state index is 0.656. The van der Waals surface area contributed by atoms with E-state index in [0.29, 0.717) is 10.8 Å². The Morgan fingerprint density at radius 1 is 1.04 bits per heavy atom. The van der Waals surface area contributed by atoms with E-state index in [0.717, 1.165) is 33.7 Å². The smallest absolute Gasteiger partial charge is 0.196 e. The third kappa shape index (κ3) is 3.52. The average Bonchev–Trinajstić information content (AvgIpc) is 3.27.